The maximum Gasteiger partial charge on any atom is 0.352 e. The fourth-order valence-corrected chi connectivity index (χ4v) is 2.98. The number of alkyl halides is 1. The normalized spacial score (nSPS) is 13.9. The van der Waals surface area contributed by atoms with Crippen molar-refractivity contribution in [3.8, 4) is 5.88 Å². The van der Waals surface area contributed by atoms with Crippen LogP contribution in [0.15, 0.2) is 29.1 Å². The van der Waals surface area contributed by atoms with Crippen LogP contribution in [0.2, 0.25) is 0 Å². The van der Waals surface area contributed by atoms with E-state index in [1.807, 2.05) is 0 Å². The molecule has 1 aliphatic rings. The first kappa shape index (κ1) is 17.4. The summed E-state index contributed by atoms with van der Waals surface area (Å²) >= 11 is 0. The second-order valence-corrected chi connectivity index (χ2v) is 6.38. The molecule has 0 saturated heterocycles. The lowest BCUT2D eigenvalue weighted by atomic mass is 10.1. The number of hydrogen-bond donors (Lipinski definition) is 0. The molecule has 0 saturated carbocycles. The van der Waals surface area contributed by atoms with Crippen molar-refractivity contribution in [2.24, 2.45) is 0 Å². The molecule has 0 amide bonds. The van der Waals surface area contributed by atoms with E-state index in [0.717, 1.165) is 18.8 Å². The predicted octanol–water partition coefficient (Wildman–Crippen LogP) is 3.05. The van der Waals surface area contributed by atoms with Crippen molar-refractivity contribution in [2.75, 3.05) is 11.4 Å². The maximum absolute atomic E-state index is 13.6. The Kier molecular flexibility index (Phi) is 5.01. The Morgan fingerprint density at radius 2 is 2.08 bits per heavy atom. The molecule has 0 fully saturated rings. The monoisotopic (exact) mass is 349 g/mol. The van der Waals surface area contributed by atoms with E-state index in [1.54, 1.807) is 16.7 Å². The quantitative estimate of drug-likeness (QED) is 0.832. The van der Waals surface area contributed by atoms with Crippen molar-refractivity contribution in [1.82, 2.24) is 9.55 Å². The summed E-state index contributed by atoms with van der Waals surface area (Å²) in [7, 11) is 0. The highest BCUT2D eigenvalue weighted by molar-refractivity contribution is 5.44. The molecule has 7 heteroatoms. The second-order valence-electron chi connectivity index (χ2n) is 6.38. The molecule has 134 valence electrons. The molecule has 1 aliphatic heterocycles. The first-order valence-corrected chi connectivity index (χ1v) is 8.34. The molecule has 0 radical (unpaired) electrons. The van der Waals surface area contributed by atoms with Crippen LogP contribution in [0.1, 0.15) is 31.4 Å². The van der Waals surface area contributed by atoms with Crippen molar-refractivity contribution < 1.29 is 13.5 Å². The summed E-state index contributed by atoms with van der Waals surface area (Å²) in [5.74, 6) is 0.391. The smallest absolute Gasteiger partial charge is 0.352 e. The summed E-state index contributed by atoms with van der Waals surface area (Å²) < 4.78 is 33.4. The summed E-state index contributed by atoms with van der Waals surface area (Å²) in [6, 6.07) is 6.23. The average Bonchev–Trinajstić information content (AvgIpc) is 2.59. The van der Waals surface area contributed by atoms with Crippen molar-refractivity contribution in [2.45, 2.75) is 46.1 Å². The average molecular weight is 349 g/mol. The molecule has 0 unspecified atom stereocenters. The predicted molar refractivity (Wildman–Crippen MR) is 91.1 cm³/mol. The molecule has 0 bridgehead atoms. The van der Waals surface area contributed by atoms with Gasteiger partial charge in [0.1, 0.15) is 24.9 Å². The van der Waals surface area contributed by atoms with Crippen molar-refractivity contribution in [1.29, 1.82) is 0 Å². The van der Waals surface area contributed by atoms with E-state index in [1.165, 1.54) is 12.1 Å². The minimum atomic E-state index is -0.846. The fraction of sp³-hybridized carbons (Fsp3) is 0.444. The van der Waals surface area contributed by atoms with Gasteiger partial charge >= 0.3 is 5.69 Å². The zero-order chi connectivity index (χ0) is 18.0. The maximum atomic E-state index is 13.6. The van der Waals surface area contributed by atoms with E-state index in [4.69, 9.17) is 4.74 Å². The van der Waals surface area contributed by atoms with Crippen LogP contribution in [-0.4, -0.2) is 22.1 Å². The molecule has 0 aliphatic carbocycles. The second kappa shape index (κ2) is 7.21. The molecule has 0 N–H and O–H groups in total. The molecule has 2 heterocycles. The largest absolute Gasteiger partial charge is 0.473 e. The summed E-state index contributed by atoms with van der Waals surface area (Å²) in [5, 5.41) is 0. The zero-order valence-electron chi connectivity index (χ0n) is 14.3. The van der Waals surface area contributed by atoms with Gasteiger partial charge in [0.05, 0.1) is 0 Å². The fourth-order valence-electron chi connectivity index (χ4n) is 2.98. The number of nitrogens with zero attached hydrogens (tertiary/aromatic N) is 3. The SMILES string of the molecule is CC(C)N1CCCn2c1cc(OCc1ccc(CF)c(F)c1)nc2=O. The molecule has 0 spiro atoms. The number of halogens is 2. The number of anilines is 1. The molecule has 5 nitrogen and oxygen atoms in total. The van der Waals surface area contributed by atoms with Gasteiger partial charge in [-0.3, -0.25) is 4.57 Å². The molecule has 1 aromatic carbocycles. The third-order valence-electron chi connectivity index (χ3n) is 4.31. The van der Waals surface area contributed by atoms with Gasteiger partial charge < -0.3 is 9.64 Å². The Bertz CT molecular complexity index is 820. The van der Waals surface area contributed by atoms with Crippen molar-refractivity contribution >= 4 is 5.82 Å². The van der Waals surface area contributed by atoms with E-state index >= 15 is 0 Å². The molecule has 2 aromatic rings. The van der Waals surface area contributed by atoms with Crippen LogP contribution in [-0.2, 0) is 19.8 Å². The van der Waals surface area contributed by atoms with Gasteiger partial charge in [-0.25, -0.2) is 13.6 Å². The Labute approximate surface area is 144 Å². The molecule has 3 rings (SSSR count). The molecule has 1 aromatic heterocycles. The van der Waals surface area contributed by atoms with Crippen molar-refractivity contribution in [3.05, 3.63) is 51.7 Å². The Morgan fingerprint density at radius 3 is 2.76 bits per heavy atom. The molecule has 25 heavy (non-hydrogen) atoms. The number of fused-ring (bicyclic) bond motifs is 1. The topological polar surface area (TPSA) is 47.4 Å². The minimum Gasteiger partial charge on any atom is -0.473 e. The number of ether oxygens (including phenoxy) is 1. The first-order chi connectivity index (χ1) is 12.0. The highest BCUT2D eigenvalue weighted by Crippen LogP contribution is 2.24. The third-order valence-corrected chi connectivity index (χ3v) is 4.31. The number of rotatable bonds is 5. The Balaban J connectivity index is 1.82. The zero-order valence-corrected chi connectivity index (χ0v) is 14.3. The molecule has 0 atom stereocenters. The number of aromatic nitrogens is 2. The van der Waals surface area contributed by atoms with Crippen LogP contribution in [0.3, 0.4) is 0 Å². The van der Waals surface area contributed by atoms with Gasteiger partial charge in [-0.05, 0) is 31.9 Å². The van der Waals surface area contributed by atoms with E-state index in [9.17, 15) is 13.6 Å². The first-order valence-electron chi connectivity index (χ1n) is 8.34. The van der Waals surface area contributed by atoms with Gasteiger partial charge in [0.2, 0.25) is 5.88 Å². The Morgan fingerprint density at radius 1 is 1.28 bits per heavy atom. The van der Waals surface area contributed by atoms with Gasteiger partial charge in [0, 0.05) is 30.8 Å². The number of hydrogen-bond acceptors (Lipinski definition) is 4. The minimum absolute atomic E-state index is 0.0153. The standard InChI is InChI=1S/C18H21F2N3O2/c1-12(2)22-6-3-7-23-17(22)9-16(21-18(23)24)25-11-13-4-5-14(10-19)15(20)8-13/h4-5,8-9,12H,3,6-7,10-11H2,1-2H3. The van der Waals surface area contributed by atoms with Gasteiger partial charge in [-0.15, -0.1) is 0 Å². The van der Waals surface area contributed by atoms with Crippen LogP contribution in [0.25, 0.3) is 0 Å². The van der Waals surface area contributed by atoms with Crippen LogP contribution in [0.5, 0.6) is 5.88 Å². The van der Waals surface area contributed by atoms with Crippen molar-refractivity contribution in [3.63, 3.8) is 0 Å². The summed E-state index contributed by atoms with van der Waals surface area (Å²) in [6.07, 6.45) is 0.896. The lowest BCUT2D eigenvalue weighted by Gasteiger charge is -2.34. The lowest BCUT2D eigenvalue weighted by Crippen LogP contribution is -2.42. The van der Waals surface area contributed by atoms with Gasteiger partial charge in [-0.2, -0.15) is 4.98 Å². The van der Waals surface area contributed by atoms with Crippen LogP contribution in [0, 0.1) is 5.82 Å². The number of benzene rings is 1. The van der Waals surface area contributed by atoms with Crippen LogP contribution < -0.4 is 15.3 Å². The Hall–Kier alpha value is -2.44. The molecular formula is C18H21F2N3O2. The molecular weight excluding hydrogens is 328 g/mol. The van der Waals surface area contributed by atoms with E-state index < -0.39 is 12.5 Å². The van der Waals surface area contributed by atoms with E-state index in [-0.39, 0.29) is 29.8 Å². The highest BCUT2D eigenvalue weighted by atomic mass is 19.1. The van der Waals surface area contributed by atoms with Crippen LogP contribution in [0.4, 0.5) is 14.6 Å². The summed E-state index contributed by atoms with van der Waals surface area (Å²) in [6.45, 7) is 4.85. The van der Waals surface area contributed by atoms with Gasteiger partial charge in [0.15, 0.2) is 0 Å². The highest BCUT2D eigenvalue weighted by Gasteiger charge is 2.21. The van der Waals surface area contributed by atoms with E-state index in [0.29, 0.717) is 12.1 Å². The summed E-state index contributed by atoms with van der Waals surface area (Å²) in [5.41, 5.74) is 0.216. The summed E-state index contributed by atoms with van der Waals surface area (Å²) in [4.78, 5) is 18.3. The lowest BCUT2D eigenvalue weighted by molar-refractivity contribution is 0.289. The van der Waals surface area contributed by atoms with Gasteiger partial charge in [-0.1, -0.05) is 12.1 Å². The third kappa shape index (κ3) is 3.65. The van der Waals surface area contributed by atoms with Gasteiger partial charge in [0.25, 0.3) is 0 Å². The van der Waals surface area contributed by atoms with Crippen LogP contribution >= 0.6 is 0 Å². The van der Waals surface area contributed by atoms with E-state index in [2.05, 4.69) is 23.7 Å².